The van der Waals surface area contributed by atoms with Gasteiger partial charge in [-0.1, -0.05) is 24.3 Å². The van der Waals surface area contributed by atoms with Crippen LogP contribution in [0.1, 0.15) is 24.0 Å². The van der Waals surface area contributed by atoms with Crippen LogP contribution in [0.2, 0.25) is 0 Å². The number of benzene rings is 2. The molecule has 134 valence electrons. The third-order valence-electron chi connectivity index (χ3n) is 5.13. The van der Waals surface area contributed by atoms with Crippen LogP contribution in [0.25, 0.3) is 0 Å². The first-order valence-electron chi connectivity index (χ1n) is 8.97. The molecule has 1 aliphatic heterocycles. The van der Waals surface area contributed by atoms with E-state index in [4.69, 9.17) is 4.74 Å². The first-order valence-corrected chi connectivity index (χ1v) is 8.97. The van der Waals surface area contributed by atoms with Crippen LogP contribution >= 0.6 is 0 Å². The Labute approximate surface area is 149 Å². The highest BCUT2D eigenvalue weighted by atomic mass is 19.1. The Kier molecular flexibility index (Phi) is 5.92. The predicted molar refractivity (Wildman–Crippen MR) is 97.6 cm³/mol. The van der Waals surface area contributed by atoms with E-state index in [1.807, 2.05) is 24.3 Å². The second-order valence-electron chi connectivity index (χ2n) is 6.84. The van der Waals surface area contributed by atoms with Gasteiger partial charge >= 0.3 is 0 Å². The number of aromatic hydroxyl groups is 1. The summed E-state index contributed by atoms with van der Waals surface area (Å²) in [5.41, 5.74) is 2.28. The number of halogens is 1. The number of hydrogen-bond acceptors (Lipinski definition) is 3. The fraction of sp³-hybridized carbons (Fsp3) is 0.429. The largest absolute Gasteiger partial charge is 0.504 e. The van der Waals surface area contributed by atoms with Gasteiger partial charge in [-0.15, -0.1) is 0 Å². The number of para-hydroxylation sites is 1. The maximum Gasteiger partial charge on any atom is 0.163 e. The summed E-state index contributed by atoms with van der Waals surface area (Å²) in [6.07, 6.45) is 4.22. The molecule has 1 aliphatic rings. The lowest BCUT2D eigenvalue weighted by Gasteiger charge is -2.32. The molecule has 0 spiro atoms. The average molecular weight is 343 g/mol. The number of methoxy groups -OCH3 is 1. The van der Waals surface area contributed by atoms with E-state index in [9.17, 15) is 9.50 Å². The van der Waals surface area contributed by atoms with Gasteiger partial charge in [0.2, 0.25) is 0 Å². The van der Waals surface area contributed by atoms with Crippen LogP contribution in [-0.2, 0) is 12.8 Å². The molecule has 2 aromatic rings. The van der Waals surface area contributed by atoms with Crippen LogP contribution in [0.15, 0.2) is 42.5 Å². The molecule has 0 amide bonds. The number of likely N-dealkylation sites (tertiary alicyclic amines) is 1. The van der Waals surface area contributed by atoms with Crippen LogP contribution in [0.3, 0.4) is 0 Å². The summed E-state index contributed by atoms with van der Waals surface area (Å²) in [7, 11) is 1.61. The summed E-state index contributed by atoms with van der Waals surface area (Å²) in [6.45, 7) is 3.20. The van der Waals surface area contributed by atoms with Crippen molar-refractivity contribution in [2.75, 3.05) is 26.7 Å². The van der Waals surface area contributed by atoms with Gasteiger partial charge < -0.3 is 14.7 Å². The van der Waals surface area contributed by atoms with E-state index in [-0.39, 0.29) is 11.6 Å². The minimum Gasteiger partial charge on any atom is -0.504 e. The van der Waals surface area contributed by atoms with E-state index in [1.165, 1.54) is 17.7 Å². The van der Waals surface area contributed by atoms with Gasteiger partial charge in [0, 0.05) is 6.54 Å². The summed E-state index contributed by atoms with van der Waals surface area (Å²) in [5.74, 6) is 1.28. The number of phenols is 1. The van der Waals surface area contributed by atoms with E-state index >= 15 is 0 Å². The SMILES string of the molecule is COc1c(O)cccc1CC1CCN(CCc2ccc(F)cc2)CC1. The summed E-state index contributed by atoms with van der Waals surface area (Å²) >= 11 is 0. The van der Waals surface area contributed by atoms with E-state index in [0.29, 0.717) is 11.7 Å². The molecule has 0 aromatic heterocycles. The quantitative estimate of drug-likeness (QED) is 0.859. The molecule has 0 bridgehead atoms. The van der Waals surface area contributed by atoms with Crippen LogP contribution < -0.4 is 4.74 Å². The molecular formula is C21H26FNO2. The molecule has 0 unspecified atom stereocenters. The molecule has 1 N–H and O–H groups in total. The normalized spacial score (nSPS) is 16.1. The Hall–Kier alpha value is -2.07. The fourth-order valence-electron chi connectivity index (χ4n) is 3.63. The average Bonchev–Trinajstić information content (AvgIpc) is 2.63. The smallest absolute Gasteiger partial charge is 0.163 e. The summed E-state index contributed by atoms with van der Waals surface area (Å²) in [4.78, 5) is 2.49. The lowest BCUT2D eigenvalue weighted by Crippen LogP contribution is -2.35. The first-order chi connectivity index (χ1) is 12.2. The summed E-state index contributed by atoms with van der Waals surface area (Å²) < 4.78 is 18.3. The predicted octanol–water partition coefficient (Wildman–Crippen LogP) is 4.04. The lowest BCUT2D eigenvalue weighted by atomic mass is 9.89. The molecule has 2 aromatic carbocycles. The molecule has 1 heterocycles. The second-order valence-corrected chi connectivity index (χ2v) is 6.84. The number of ether oxygens (including phenoxy) is 1. The number of rotatable bonds is 6. The Morgan fingerprint density at radius 2 is 1.84 bits per heavy atom. The monoisotopic (exact) mass is 343 g/mol. The maximum atomic E-state index is 12.9. The van der Waals surface area contributed by atoms with Crippen molar-refractivity contribution in [3.63, 3.8) is 0 Å². The van der Waals surface area contributed by atoms with E-state index in [1.54, 1.807) is 13.2 Å². The Morgan fingerprint density at radius 1 is 1.12 bits per heavy atom. The van der Waals surface area contributed by atoms with Gasteiger partial charge in [-0.3, -0.25) is 0 Å². The van der Waals surface area contributed by atoms with E-state index in [0.717, 1.165) is 50.9 Å². The molecule has 0 aliphatic carbocycles. The number of piperidine rings is 1. The molecule has 4 heteroatoms. The van der Waals surface area contributed by atoms with Crippen LogP contribution in [0, 0.1) is 11.7 Å². The maximum absolute atomic E-state index is 12.9. The van der Waals surface area contributed by atoms with E-state index in [2.05, 4.69) is 4.90 Å². The molecule has 0 atom stereocenters. The molecule has 0 saturated carbocycles. The van der Waals surface area contributed by atoms with Crippen LogP contribution in [0.5, 0.6) is 11.5 Å². The zero-order chi connectivity index (χ0) is 17.6. The van der Waals surface area contributed by atoms with Crippen molar-refractivity contribution >= 4 is 0 Å². The van der Waals surface area contributed by atoms with Crippen molar-refractivity contribution in [1.82, 2.24) is 4.90 Å². The highest BCUT2D eigenvalue weighted by molar-refractivity contribution is 5.45. The molecule has 3 nitrogen and oxygen atoms in total. The summed E-state index contributed by atoms with van der Waals surface area (Å²) in [5, 5.41) is 9.90. The van der Waals surface area contributed by atoms with Gasteiger partial charge in [0.1, 0.15) is 5.82 Å². The molecule has 1 fully saturated rings. The highest BCUT2D eigenvalue weighted by Crippen LogP contribution is 2.33. The third-order valence-corrected chi connectivity index (χ3v) is 5.13. The highest BCUT2D eigenvalue weighted by Gasteiger charge is 2.21. The molecular weight excluding hydrogens is 317 g/mol. The van der Waals surface area contributed by atoms with Crippen molar-refractivity contribution in [3.8, 4) is 11.5 Å². The van der Waals surface area contributed by atoms with Gasteiger partial charge in [0.05, 0.1) is 7.11 Å². The third kappa shape index (κ3) is 4.73. The van der Waals surface area contributed by atoms with Gasteiger partial charge in [-0.05, 0) is 74.0 Å². The number of hydrogen-bond donors (Lipinski definition) is 1. The topological polar surface area (TPSA) is 32.7 Å². The number of phenolic OH excluding ortho intramolecular Hbond substituents is 1. The zero-order valence-corrected chi connectivity index (χ0v) is 14.7. The van der Waals surface area contributed by atoms with Crippen molar-refractivity contribution in [3.05, 3.63) is 59.4 Å². The van der Waals surface area contributed by atoms with Crippen molar-refractivity contribution in [2.24, 2.45) is 5.92 Å². The minimum absolute atomic E-state index is 0.174. The van der Waals surface area contributed by atoms with Crippen LogP contribution in [-0.4, -0.2) is 36.8 Å². The lowest BCUT2D eigenvalue weighted by molar-refractivity contribution is 0.185. The van der Waals surface area contributed by atoms with E-state index < -0.39 is 0 Å². The zero-order valence-electron chi connectivity index (χ0n) is 14.7. The molecule has 3 rings (SSSR count). The second kappa shape index (κ2) is 8.34. The van der Waals surface area contributed by atoms with Crippen molar-refractivity contribution in [1.29, 1.82) is 0 Å². The Bertz CT molecular complexity index is 679. The first kappa shape index (κ1) is 17.7. The van der Waals surface area contributed by atoms with Gasteiger partial charge in [0.15, 0.2) is 11.5 Å². The summed E-state index contributed by atoms with van der Waals surface area (Å²) in [6, 6.07) is 12.4. The molecule has 1 saturated heterocycles. The fourth-order valence-corrected chi connectivity index (χ4v) is 3.63. The van der Waals surface area contributed by atoms with Gasteiger partial charge in [0.25, 0.3) is 0 Å². The van der Waals surface area contributed by atoms with Crippen molar-refractivity contribution in [2.45, 2.75) is 25.7 Å². The Balaban J connectivity index is 1.47. The molecule has 25 heavy (non-hydrogen) atoms. The van der Waals surface area contributed by atoms with Gasteiger partial charge in [-0.25, -0.2) is 4.39 Å². The molecule has 0 radical (unpaired) electrons. The minimum atomic E-state index is -0.174. The van der Waals surface area contributed by atoms with Crippen molar-refractivity contribution < 1.29 is 14.2 Å². The Morgan fingerprint density at radius 3 is 2.52 bits per heavy atom. The van der Waals surface area contributed by atoms with Gasteiger partial charge in [-0.2, -0.15) is 0 Å². The number of nitrogens with zero attached hydrogens (tertiary/aromatic N) is 1. The van der Waals surface area contributed by atoms with Crippen LogP contribution in [0.4, 0.5) is 4.39 Å². The standard InChI is InChI=1S/C21H26FNO2/c1-25-21-18(3-2-4-20(21)24)15-17-10-13-23(14-11-17)12-9-16-5-7-19(22)8-6-16/h2-8,17,24H,9-15H2,1H3.